The average molecular weight is 401 g/mol. The number of nitrogens with zero attached hydrogens (tertiary/aromatic N) is 1. The fraction of sp³-hybridized carbons (Fsp3) is 0.300. The van der Waals surface area contributed by atoms with E-state index in [1.165, 1.54) is 16.4 Å². The van der Waals surface area contributed by atoms with Crippen molar-refractivity contribution in [2.75, 3.05) is 18.4 Å². The van der Waals surface area contributed by atoms with E-state index >= 15 is 0 Å². The molecule has 0 unspecified atom stereocenters. The summed E-state index contributed by atoms with van der Waals surface area (Å²) < 4.78 is 27.5. The van der Waals surface area contributed by atoms with Crippen molar-refractivity contribution in [2.45, 2.75) is 31.1 Å². The lowest BCUT2D eigenvalue weighted by atomic mass is 10.1. The van der Waals surface area contributed by atoms with Gasteiger partial charge in [-0.15, -0.1) is 0 Å². The molecule has 0 spiro atoms. The van der Waals surface area contributed by atoms with Crippen molar-refractivity contribution in [3.63, 3.8) is 0 Å². The van der Waals surface area contributed by atoms with E-state index in [0.717, 1.165) is 19.3 Å². The Balaban J connectivity index is 1.91. The maximum Gasteiger partial charge on any atom is 0.255 e. The molecule has 1 saturated heterocycles. The minimum absolute atomic E-state index is 0.130. The Morgan fingerprint density at radius 2 is 1.71 bits per heavy atom. The van der Waals surface area contributed by atoms with Gasteiger partial charge in [0.15, 0.2) is 0 Å². The second kappa shape index (κ2) is 8.12. The molecule has 0 aliphatic carbocycles. The Hall–Kier alpha value is -2.71. The number of benzene rings is 2. The van der Waals surface area contributed by atoms with E-state index in [0.29, 0.717) is 18.7 Å². The van der Waals surface area contributed by atoms with Crippen molar-refractivity contribution < 1.29 is 18.0 Å². The van der Waals surface area contributed by atoms with Crippen molar-refractivity contribution >= 4 is 27.5 Å². The third kappa shape index (κ3) is 4.07. The molecule has 3 rings (SSSR count). The van der Waals surface area contributed by atoms with Gasteiger partial charge in [-0.05, 0) is 49.6 Å². The number of hydrogen-bond acceptors (Lipinski definition) is 4. The van der Waals surface area contributed by atoms with Gasteiger partial charge < -0.3 is 11.1 Å². The number of carbonyl (C=O) groups is 2. The van der Waals surface area contributed by atoms with Gasteiger partial charge in [0.25, 0.3) is 11.8 Å². The van der Waals surface area contributed by atoms with Gasteiger partial charge in [0, 0.05) is 18.7 Å². The topological polar surface area (TPSA) is 110 Å². The smallest absolute Gasteiger partial charge is 0.255 e. The number of amides is 2. The Labute approximate surface area is 164 Å². The standard InChI is InChI=1S/C20H23N3O4S/c1-14-9-10-15(13-18(14)28(26,27)23-11-5-2-6-12-23)20(25)22-17-8-4-3-7-16(17)19(21)24/h3-4,7-10,13H,2,5-6,11-12H2,1H3,(H2,21,24)(H,22,25). The Morgan fingerprint density at radius 1 is 1.04 bits per heavy atom. The second-order valence-corrected chi connectivity index (χ2v) is 8.72. The van der Waals surface area contributed by atoms with Crippen molar-refractivity contribution in [1.29, 1.82) is 0 Å². The molecule has 2 amide bonds. The SMILES string of the molecule is Cc1ccc(C(=O)Nc2ccccc2C(N)=O)cc1S(=O)(=O)N1CCCCC1. The molecule has 0 atom stereocenters. The third-order valence-corrected chi connectivity index (χ3v) is 6.86. The summed E-state index contributed by atoms with van der Waals surface area (Å²) in [6.07, 6.45) is 2.69. The monoisotopic (exact) mass is 401 g/mol. The molecule has 148 valence electrons. The number of para-hydroxylation sites is 1. The molecule has 1 aliphatic heterocycles. The maximum atomic E-state index is 13.0. The van der Waals surface area contributed by atoms with Gasteiger partial charge in [-0.2, -0.15) is 4.31 Å². The van der Waals surface area contributed by atoms with Crippen LogP contribution in [0.3, 0.4) is 0 Å². The van der Waals surface area contributed by atoms with Crippen LogP contribution in [0, 0.1) is 6.92 Å². The van der Waals surface area contributed by atoms with E-state index in [1.807, 2.05) is 0 Å². The van der Waals surface area contributed by atoms with E-state index in [2.05, 4.69) is 5.32 Å². The van der Waals surface area contributed by atoms with E-state index in [1.54, 1.807) is 37.3 Å². The number of nitrogens with two attached hydrogens (primary N) is 1. The van der Waals surface area contributed by atoms with Crippen LogP contribution >= 0.6 is 0 Å². The number of rotatable bonds is 5. The number of aryl methyl sites for hydroxylation is 1. The summed E-state index contributed by atoms with van der Waals surface area (Å²) in [6, 6.07) is 11.0. The highest BCUT2D eigenvalue weighted by molar-refractivity contribution is 7.89. The van der Waals surface area contributed by atoms with Crippen LogP contribution in [0.4, 0.5) is 5.69 Å². The number of hydrogen-bond donors (Lipinski definition) is 2. The molecule has 0 radical (unpaired) electrons. The van der Waals surface area contributed by atoms with E-state index in [4.69, 9.17) is 5.73 Å². The summed E-state index contributed by atoms with van der Waals surface area (Å²) in [6.45, 7) is 2.69. The van der Waals surface area contributed by atoms with Crippen LogP contribution in [-0.2, 0) is 10.0 Å². The summed E-state index contributed by atoms with van der Waals surface area (Å²) >= 11 is 0. The maximum absolute atomic E-state index is 13.0. The molecule has 1 aliphatic rings. The van der Waals surface area contributed by atoms with Gasteiger partial charge >= 0.3 is 0 Å². The van der Waals surface area contributed by atoms with Crippen LogP contribution in [0.25, 0.3) is 0 Å². The molecule has 8 heteroatoms. The molecule has 2 aromatic carbocycles. The van der Waals surface area contributed by atoms with Gasteiger partial charge in [0.1, 0.15) is 0 Å². The van der Waals surface area contributed by atoms with Crippen molar-refractivity contribution in [3.8, 4) is 0 Å². The van der Waals surface area contributed by atoms with Gasteiger partial charge in [0.05, 0.1) is 16.1 Å². The fourth-order valence-corrected chi connectivity index (χ4v) is 5.03. The molecular formula is C20H23N3O4S. The Morgan fingerprint density at radius 3 is 2.39 bits per heavy atom. The number of primary amides is 1. The zero-order chi connectivity index (χ0) is 20.3. The van der Waals surface area contributed by atoms with Crippen LogP contribution in [0.1, 0.15) is 45.5 Å². The van der Waals surface area contributed by atoms with E-state index in [9.17, 15) is 18.0 Å². The molecule has 1 fully saturated rings. The summed E-state index contributed by atoms with van der Waals surface area (Å²) in [4.78, 5) is 24.3. The highest BCUT2D eigenvalue weighted by Gasteiger charge is 2.28. The number of anilines is 1. The zero-order valence-electron chi connectivity index (χ0n) is 15.6. The normalized spacial score (nSPS) is 15.2. The minimum atomic E-state index is -3.66. The molecule has 28 heavy (non-hydrogen) atoms. The molecule has 3 N–H and O–H groups in total. The molecule has 0 bridgehead atoms. The second-order valence-electron chi connectivity index (χ2n) is 6.81. The molecule has 0 saturated carbocycles. The number of carbonyl (C=O) groups excluding carboxylic acids is 2. The van der Waals surface area contributed by atoms with Gasteiger partial charge in [-0.1, -0.05) is 24.6 Å². The first-order chi connectivity index (χ1) is 13.3. The van der Waals surface area contributed by atoms with Gasteiger partial charge in [-0.25, -0.2) is 8.42 Å². The molecule has 7 nitrogen and oxygen atoms in total. The fourth-order valence-electron chi connectivity index (χ4n) is 3.27. The van der Waals surface area contributed by atoms with Crippen LogP contribution in [0.5, 0.6) is 0 Å². The summed E-state index contributed by atoms with van der Waals surface area (Å²) in [5.41, 5.74) is 6.58. The first-order valence-corrected chi connectivity index (χ1v) is 10.6. The Bertz CT molecular complexity index is 1010. The van der Waals surface area contributed by atoms with Crippen LogP contribution in [-0.4, -0.2) is 37.6 Å². The van der Waals surface area contributed by atoms with Crippen molar-refractivity contribution in [1.82, 2.24) is 4.31 Å². The highest BCUT2D eigenvalue weighted by atomic mass is 32.2. The first kappa shape index (κ1) is 20.0. The molecule has 2 aromatic rings. The number of sulfonamides is 1. The molecular weight excluding hydrogens is 378 g/mol. The minimum Gasteiger partial charge on any atom is -0.366 e. The van der Waals surface area contributed by atoms with Gasteiger partial charge in [0.2, 0.25) is 10.0 Å². The third-order valence-electron chi connectivity index (χ3n) is 4.82. The summed E-state index contributed by atoms with van der Waals surface area (Å²) in [5.74, 6) is -1.17. The number of nitrogens with one attached hydrogen (secondary N) is 1. The quantitative estimate of drug-likeness (QED) is 0.802. The predicted octanol–water partition coefficient (Wildman–Crippen LogP) is 2.52. The predicted molar refractivity (Wildman–Crippen MR) is 107 cm³/mol. The lowest BCUT2D eigenvalue weighted by Crippen LogP contribution is -2.36. The summed E-state index contributed by atoms with van der Waals surface area (Å²) in [5, 5.41) is 2.64. The summed E-state index contributed by atoms with van der Waals surface area (Å²) in [7, 11) is -3.66. The van der Waals surface area contributed by atoms with Crippen LogP contribution in [0.15, 0.2) is 47.4 Å². The lowest BCUT2D eigenvalue weighted by molar-refractivity contribution is 0.100. The molecule has 0 aromatic heterocycles. The van der Waals surface area contributed by atoms with E-state index in [-0.39, 0.29) is 21.7 Å². The largest absolute Gasteiger partial charge is 0.366 e. The lowest BCUT2D eigenvalue weighted by Gasteiger charge is -2.26. The molecule has 1 heterocycles. The number of piperidine rings is 1. The zero-order valence-corrected chi connectivity index (χ0v) is 16.5. The Kier molecular flexibility index (Phi) is 5.81. The highest BCUT2D eigenvalue weighted by Crippen LogP contribution is 2.25. The average Bonchev–Trinajstić information content (AvgIpc) is 2.69. The van der Waals surface area contributed by atoms with E-state index < -0.39 is 21.8 Å². The van der Waals surface area contributed by atoms with Crippen molar-refractivity contribution in [3.05, 3.63) is 59.2 Å². The van der Waals surface area contributed by atoms with Crippen LogP contribution in [0.2, 0.25) is 0 Å². The van der Waals surface area contributed by atoms with Crippen molar-refractivity contribution in [2.24, 2.45) is 5.73 Å². The first-order valence-electron chi connectivity index (χ1n) is 9.11. The van der Waals surface area contributed by atoms with Crippen LogP contribution < -0.4 is 11.1 Å². The van der Waals surface area contributed by atoms with Gasteiger partial charge in [-0.3, -0.25) is 9.59 Å².